The van der Waals surface area contributed by atoms with Crippen molar-refractivity contribution in [2.45, 2.75) is 50.1 Å². The van der Waals surface area contributed by atoms with Crippen molar-refractivity contribution < 1.29 is 8.42 Å². The summed E-state index contributed by atoms with van der Waals surface area (Å²) in [6.45, 7) is 4.86. The Kier molecular flexibility index (Phi) is 4.51. The fourth-order valence-corrected chi connectivity index (χ4v) is 4.87. The molecule has 1 heterocycles. The van der Waals surface area contributed by atoms with Crippen LogP contribution in [-0.2, 0) is 10.0 Å². The van der Waals surface area contributed by atoms with E-state index in [0.29, 0.717) is 19.0 Å². The van der Waals surface area contributed by atoms with Gasteiger partial charge < -0.3 is 5.73 Å². The predicted octanol–water partition coefficient (Wildman–Crippen LogP) is 1.33. The van der Waals surface area contributed by atoms with Gasteiger partial charge in [0.05, 0.1) is 6.20 Å². The number of nitrogens with one attached hydrogen (secondary N) is 1. The molecule has 0 radical (unpaired) electrons. The summed E-state index contributed by atoms with van der Waals surface area (Å²) in [5.41, 5.74) is 5.53. The molecule has 1 aromatic heterocycles. The molecule has 20 heavy (non-hydrogen) atoms. The standard InChI is InChI=1S/C13H24N4O2S/c1-3-17(20(18,19)12-6-9-15-16-12)13(10-14)7-4-11(2)5-8-13/h6,9,11H,3-5,7-8,10,14H2,1-2H3,(H,15,16). The molecule has 1 aliphatic carbocycles. The van der Waals surface area contributed by atoms with Gasteiger partial charge in [-0.3, -0.25) is 5.10 Å². The lowest BCUT2D eigenvalue weighted by Crippen LogP contribution is -2.57. The highest BCUT2D eigenvalue weighted by molar-refractivity contribution is 7.89. The molecule has 1 saturated carbocycles. The van der Waals surface area contributed by atoms with E-state index in [0.717, 1.165) is 25.7 Å². The lowest BCUT2D eigenvalue weighted by Gasteiger charge is -2.45. The minimum Gasteiger partial charge on any atom is -0.329 e. The lowest BCUT2D eigenvalue weighted by molar-refractivity contribution is 0.119. The summed E-state index contributed by atoms with van der Waals surface area (Å²) in [6, 6.07) is 1.49. The van der Waals surface area contributed by atoms with Crippen LogP contribution in [0.5, 0.6) is 0 Å². The van der Waals surface area contributed by atoms with E-state index in [9.17, 15) is 8.42 Å². The second-order valence-electron chi connectivity index (χ2n) is 5.70. The van der Waals surface area contributed by atoms with E-state index in [1.165, 1.54) is 12.3 Å². The first kappa shape index (κ1) is 15.5. The van der Waals surface area contributed by atoms with E-state index in [-0.39, 0.29) is 5.03 Å². The molecule has 1 aromatic rings. The highest BCUT2D eigenvalue weighted by Gasteiger charge is 2.44. The Morgan fingerprint density at radius 1 is 1.50 bits per heavy atom. The quantitative estimate of drug-likeness (QED) is 0.858. The van der Waals surface area contributed by atoms with Gasteiger partial charge in [0.15, 0.2) is 5.03 Å². The Balaban J connectivity index is 2.35. The van der Waals surface area contributed by atoms with Crippen molar-refractivity contribution in [3.8, 4) is 0 Å². The van der Waals surface area contributed by atoms with Crippen LogP contribution in [0.3, 0.4) is 0 Å². The summed E-state index contributed by atoms with van der Waals surface area (Å²) in [5.74, 6) is 0.642. The largest absolute Gasteiger partial charge is 0.329 e. The summed E-state index contributed by atoms with van der Waals surface area (Å²) in [5, 5.41) is 6.45. The number of aromatic amines is 1. The molecule has 3 N–H and O–H groups in total. The normalized spacial score (nSPS) is 27.9. The second-order valence-corrected chi connectivity index (χ2v) is 7.53. The van der Waals surface area contributed by atoms with Gasteiger partial charge in [-0.15, -0.1) is 0 Å². The van der Waals surface area contributed by atoms with Crippen molar-refractivity contribution in [3.63, 3.8) is 0 Å². The van der Waals surface area contributed by atoms with E-state index in [2.05, 4.69) is 17.1 Å². The van der Waals surface area contributed by atoms with Crippen molar-refractivity contribution >= 4 is 10.0 Å². The molecular formula is C13H24N4O2S. The highest BCUT2D eigenvalue weighted by Crippen LogP contribution is 2.38. The minimum absolute atomic E-state index is 0.144. The number of nitrogens with zero attached hydrogens (tertiary/aromatic N) is 2. The molecule has 0 aromatic carbocycles. The Bertz CT molecular complexity index is 519. The molecule has 7 heteroatoms. The topological polar surface area (TPSA) is 92.1 Å². The van der Waals surface area contributed by atoms with Gasteiger partial charge in [0.25, 0.3) is 10.0 Å². The van der Waals surface area contributed by atoms with Crippen LogP contribution in [0, 0.1) is 5.92 Å². The average molecular weight is 300 g/mol. The SMILES string of the molecule is CCN(C1(CN)CCC(C)CC1)S(=O)(=O)c1ccn[nH]1. The molecule has 0 spiro atoms. The number of aromatic nitrogens is 2. The van der Waals surface area contributed by atoms with Crippen LogP contribution in [0.1, 0.15) is 39.5 Å². The maximum atomic E-state index is 12.8. The van der Waals surface area contributed by atoms with Gasteiger partial charge in [-0.2, -0.15) is 9.40 Å². The smallest absolute Gasteiger partial charge is 0.260 e. The van der Waals surface area contributed by atoms with Crippen LogP contribution in [0.4, 0.5) is 0 Å². The Morgan fingerprint density at radius 3 is 2.60 bits per heavy atom. The first-order valence-corrected chi connectivity index (χ1v) is 8.62. The van der Waals surface area contributed by atoms with Gasteiger partial charge in [-0.1, -0.05) is 13.8 Å². The fraction of sp³-hybridized carbons (Fsp3) is 0.769. The van der Waals surface area contributed by atoms with Gasteiger partial charge in [0.2, 0.25) is 0 Å². The van der Waals surface area contributed by atoms with Gasteiger partial charge in [-0.05, 0) is 37.7 Å². The van der Waals surface area contributed by atoms with Crippen molar-refractivity contribution in [1.29, 1.82) is 0 Å². The average Bonchev–Trinajstić information content (AvgIpc) is 2.96. The van der Waals surface area contributed by atoms with Gasteiger partial charge in [0.1, 0.15) is 0 Å². The molecule has 6 nitrogen and oxygen atoms in total. The summed E-state index contributed by atoms with van der Waals surface area (Å²) in [4.78, 5) is 0. The predicted molar refractivity (Wildman–Crippen MR) is 77.6 cm³/mol. The number of H-pyrrole nitrogens is 1. The van der Waals surface area contributed by atoms with E-state index < -0.39 is 15.6 Å². The Labute approximate surface area is 120 Å². The Morgan fingerprint density at radius 2 is 2.15 bits per heavy atom. The maximum Gasteiger partial charge on any atom is 0.260 e. The zero-order valence-corrected chi connectivity index (χ0v) is 13.0. The fourth-order valence-electron chi connectivity index (χ4n) is 3.12. The van der Waals surface area contributed by atoms with Crippen molar-refractivity contribution in [1.82, 2.24) is 14.5 Å². The van der Waals surface area contributed by atoms with Gasteiger partial charge in [0, 0.05) is 18.6 Å². The third kappa shape index (κ3) is 2.62. The molecule has 114 valence electrons. The van der Waals surface area contributed by atoms with E-state index in [1.807, 2.05) is 6.92 Å². The van der Waals surface area contributed by atoms with E-state index in [4.69, 9.17) is 5.73 Å². The van der Waals surface area contributed by atoms with E-state index >= 15 is 0 Å². The highest BCUT2D eigenvalue weighted by atomic mass is 32.2. The first-order valence-electron chi connectivity index (χ1n) is 7.18. The summed E-state index contributed by atoms with van der Waals surface area (Å²) < 4.78 is 27.1. The van der Waals surface area contributed by atoms with Crippen molar-refractivity contribution in [2.75, 3.05) is 13.1 Å². The zero-order valence-electron chi connectivity index (χ0n) is 12.2. The van der Waals surface area contributed by atoms with Crippen LogP contribution >= 0.6 is 0 Å². The molecule has 2 rings (SSSR count). The number of rotatable bonds is 5. The minimum atomic E-state index is -3.56. The third-order valence-corrected chi connectivity index (χ3v) is 6.45. The van der Waals surface area contributed by atoms with Crippen LogP contribution in [0.15, 0.2) is 17.3 Å². The molecule has 1 aliphatic rings. The third-order valence-electron chi connectivity index (χ3n) is 4.44. The molecule has 0 atom stereocenters. The van der Waals surface area contributed by atoms with Crippen LogP contribution in [-0.4, -0.2) is 41.5 Å². The molecule has 0 unspecified atom stereocenters. The molecule has 1 fully saturated rings. The first-order chi connectivity index (χ1) is 9.46. The number of hydrogen-bond acceptors (Lipinski definition) is 4. The molecule has 0 bridgehead atoms. The van der Waals surface area contributed by atoms with Crippen LogP contribution in [0.2, 0.25) is 0 Å². The van der Waals surface area contributed by atoms with E-state index in [1.54, 1.807) is 4.31 Å². The lowest BCUT2D eigenvalue weighted by atomic mass is 9.77. The van der Waals surface area contributed by atoms with Crippen molar-refractivity contribution in [3.05, 3.63) is 12.3 Å². The van der Waals surface area contributed by atoms with Crippen molar-refractivity contribution in [2.24, 2.45) is 11.7 Å². The Hall–Kier alpha value is -0.920. The van der Waals surface area contributed by atoms with Gasteiger partial charge >= 0.3 is 0 Å². The second kappa shape index (κ2) is 5.83. The summed E-state index contributed by atoms with van der Waals surface area (Å²) in [6.07, 6.45) is 5.15. The number of likely N-dealkylation sites (N-methyl/N-ethyl adjacent to an activating group) is 1. The monoisotopic (exact) mass is 300 g/mol. The molecule has 0 aliphatic heterocycles. The molecule has 0 saturated heterocycles. The summed E-state index contributed by atoms with van der Waals surface area (Å²) in [7, 11) is -3.56. The van der Waals surface area contributed by atoms with Crippen LogP contribution in [0.25, 0.3) is 0 Å². The summed E-state index contributed by atoms with van der Waals surface area (Å²) >= 11 is 0. The van der Waals surface area contributed by atoms with Gasteiger partial charge in [-0.25, -0.2) is 8.42 Å². The molecule has 0 amide bonds. The molecular weight excluding hydrogens is 276 g/mol. The number of sulfonamides is 1. The van der Waals surface area contributed by atoms with Crippen LogP contribution < -0.4 is 5.73 Å². The number of hydrogen-bond donors (Lipinski definition) is 2. The maximum absolute atomic E-state index is 12.8. The number of nitrogens with two attached hydrogens (primary N) is 1. The zero-order chi connectivity index (χ0) is 14.8.